The zero-order chi connectivity index (χ0) is 12.7. The Morgan fingerprint density at radius 1 is 1.29 bits per heavy atom. The number of allylic oxidation sites excluding steroid dienone is 1. The normalized spacial score (nSPS) is 9.65. The number of carbonyl (C=O) groups excluding carboxylic acids is 2. The summed E-state index contributed by atoms with van der Waals surface area (Å²) in [5.41, 5.74) is 6.63. The standard InChI is InChI=1S/C13H16N2O2/c1-2-3-4-13(17)15-11-7-5-10(6-8-11)9-12(14)16/h2,5-8H,1,3-4,9H2,(H2,14,16)(H,15,17). The van der Waals surface area contributed by atoms with Crippen molar-refractivity contribution in [2.45, 2.75) is 19.3 Å². The summed E-state index contributed by atoms with van der Waals surface area (Å²) < 4.78 is 0. The maximum absolute atomic E-state index is 11.4. The SMILES string of the molecule is C=CCCC(=O)Nc1ccc(CC(N)=O)cc1. The molecule has 4 nitrogen and oxygen atoms in total. The third kappa shape index (κ3) is 4.97. The Balaban J connectivity index is 2.53. The highest BCUT2D eigenvalue weighted by atomic mass is 16.1. The van der Waals surface area contributed by atoms with Crippen molar-refractivity contribution in [3.63, 3.8) is 0 Å². The minimum absolute atomic E-state index is 0.0486. The number of primary amides is 1. The summed E-state index contributed by atoms with van der Waals surface area (Å²) in [4.78, 5) is 22.1. The molecule has 0 unspecified atom stereocenters. The lowest BCUT2D eigenvalue weighted by molar-refractivity contribution is -0.117. The first-order valence-corrected chi connectivity index (χ1v) is 5.40. The number of anilines is 1. The fourth-order valence-corrected chi connectivity index (χ4v) is 1.36. The maximum Gasteiger partial charge on any atom is 0.224 e. The van der Waals surface area contributed by atoms with Crippen molar-refractivity contribution in [3.05, 3.63) is 42.5 Å². The number of carbonyl (C=O) groups is 2. The van der Waals surface area contributed by atoms with Gasteiger partial charge in [0.15, 0.2) is 0 Å². The molecule has 0 aliphatic heterocycles. The molecule has 0 spiro atoms. The smallest absolute Gasteiger partial charge is 0.224 e. The van der Waals surface area contributed by atoms with Crippen LogP contribution < -0.4 is 11.1 Å². The molecule has 0 saturated carbocycles. The Kier molecular flexibility index (Phi) is 4.94. The van der Waals surface area contributed by atoms with E-state index in [9.17, 15) is 9.59 Å². The van der Waals surface area contributed by atoms with Crippen LogP contribution in [0.3, 0.4) is 0 Å². The summed E-state index contributed by atoms with van der Waals surface area (Å²) in [5, 5.41) is 2.75. The van der Waals surface area contributed by atoms with Gasteiger partial charge in [0, 0.05) is 12.1 Å². The average molecular weight is 232 g/mol. The molecule has 17 heavy (non-hydrogen) atoms. The highest BCUT2D eigenvalue weighted by molar-refractivity contribution is 5.90. The molecule has 0 heterocycles. The first-order valence-electron chi connectivity index (χ1n) is 5.40. The number of nitrogens with two attached hydrogens (primary N) is 1. The van der Waals surface area contributed by atoms with E-state index in [1.165, 1.54) is 0 Å². The van der Waals surface area contributed by atoms with Crippen LogP contribution >= 0.6 is 0 Å². The molecule has 0 fully saturated rings. The van der Waals surface area contributed by atoms with Crippen molar-refractivity contribution in [2.24, 2.45) is 5.73 Å². The van der Waals surface area contributed by atoms with Crippen molar-refractivity contribution in [1.29, 1.82) is 0 Å². The Hall–Kier alpha value is -2.10. The van der Waals surface area contributed by atoms with Gasteiger partial charge in [-0.05, 0) is 24.1 Å². The summed E-state index contributed by atoms with van der Waals surface area (Å²) in [5.74, 6) is -0.416. The van der Waals surface area contributed by atoms with Crippen LogP contribution in [0.2, 0.25) is 0 Å². The molecule has 0 saturated heterocycles. The Bertz CT molecular complexity index is 410. The molecule has 0 bridgehead atoms. The van der Waals surface area contributed by atoms with E-state index in [-0.39, 0.29) is 18.2 Å². The van der Waals surface area contributed by atoms with Gasteiger partial charge in [-0.3, -0.25) is 9.59 Å². The maximum atomic E-state index is 11.4. The quantitative estimate of drug-likeness (QED) is 0.731. The van der Waals surface area contributed by atoms with Crippen LogP contribution in [-0.2, 0) is 16.0 Å². The van der Waals surface area contributed by atoms with Gasteiger partial charge in [-0.2, -0.15) is 0 Å². The largest absolute Gasteiger partial charge is 0.369 e. The predicted octanol–water partition coefficient (Wildman–Crippen LogP) is 1.62. The zero-order valence-corrected chi connectivity index (χ0v) is 9.61. The summed E-state index contributed by atoms with van der Waals surface area (Å²) >= 11 is 0. The molecule has 90 valence electrons. The molecule has 0 aromatic heterocycles. The highest BCUT2D eigenvalue weighted by Crippen LogP contribution is 2.10. The Morgan fingerprint density at radius 2 is 1.94 bits per heavy atom. The molecule has 0 aliphatic rings. The van der Waals surface area contributed by atoms with E-state index >= 15 is 0 Å². The molecule has 4 heteroatoms. The number of amides is 2. The summed E-state index contributed by atoms with van der Waals surface area (Å²) in [7, 11) is 0. The molecule has 1 aromatic carbocycles. The summed E-state index contributed by atoms with van der Waals surface area (Å²) in [6.45, 7) is 3.56. The zero-order valence-electron chi connectivity index (χ0n) is 9.61. The highest BCUT2D eigenvalue weighted by Gasteiger charge is 2.02. The van der Waals surface area contributed by atoms with Crippen molar-refractivity contribution in [2.75, 3.05) is 5.32 Å². The van der Waals surface area contributed by atoms with Gasteiger partial charge >= 0.3 is 0 Å². The number of hydrogen-bond donors (Lipinski definition) is 2. The molecule has 0 aliphatic carbocycles. The molecule has 1 rings (SSSR count). The van der Waals surface area contributed by atoms with E-state index in [1.807, 2.05) is 0 Å². The van der Waals surface area contributed by atoms with Gasteiger partial charge in [0.25, 0.3) is 0 Å². The number of benzene rings is 1. The van der Waals surface area contributed by atoms with Gasteiger partial charge < -0.3 is 11.1 Å². The van der Waals surface area contributed by atoms with Gasteiger partial charge in [0.1, 0.15) is 0 Å². The van der Waals surface area contributed by atoms with Crippen LogP contribution in [0.1, 0.15) is 18.4 Å². The Labute approximate surface area is 101 Å². The van der Waals surface area contributed by atoms with Crippen molar-refractivity contribution in [3.8, 4) is 0 Å². The molecular formula is C13H16N2O2. The number of hydrogen-bond acceptors (Lipinski definition) is 2. The van der Waals surface area contributed by atoms with E-state index in [0.717, 1.165) is 5.56 Å². The van der Waals surface area contributed by atoms with Gasteiger partial charge in [-0.15, -0.1) is 6.58 Å². The van der Waals surface area contributed by atoms with Crippen molar-refractivity contribution >= 4 is 17.5 Å². The van der Waals surface area contributed by atoms with E-state index in [2.05, 4.69) is 11.9 Å². The second-order valence-electron chi connectivity index (χ2n) is 3.72. The van der Waals surface area contributed by atoms with Crippen LogP contribution in [0, 0.1) is 0 Å². The third-order valence-electron chi connectivity index (χ3n) is 2.19. The van der Waals surface area contributed by atoms with E-state index in [0.29, 0.717) is 18.5 Å². The van der Waals surface area contributed by atoms with Gasteiger partial charge in [-0.1, -0.05) is 18.2 Å². The van der Waals surface area contributed by atoms with Crippen LogP contribution in [0.5, 0.6) is 0 Å². The van der Waals surface area contributed by atoms with Crippen LogP contribution in [0.15, 0.2) is 36.9 Å². The third-order valence-corrected chi connectivity index (χ3v) is 2.19. The minimum atomic E-state index is -0.368. The van der Waals surface area contributed by atoms with Crippen molar-refractivity contribution in [1.82, 2.24) is 0 Å². The number of rotatable bonds is 6. The monoisotopic (exact) mass is 232 g/mol. The lowest BCUT2D eigenvalue weighted by atomic mass is 10.1. The lowest BCUT2D eigenvalue weighted by Crippen LogP contribution is -2.14. The Morgan fingerprint density at radius 3 is 2.47 bits per heavy atom. The molecule has 3 N–H and O–H groups in total. The fraction of sp³-hybridized carbons (Fsp3) is 0.231. The van der Waals surface area contributed by atoms with Crippen LogP contribution in [0.4, 0.5) is 5.69 Å². The fourth-order valence-electron chi connectivity index (χ4n) is 1.36. The van der Waals surface area contributed by atoms with Gasteiger partial charge in [0.05, 0.1) is 6.42 Å². The first-order chi connectivity index (χ1) is 8.11. The molecular weight excluding hydrogens is 216 g/mol. The van der Waals surface area contributed by atoms with E-state index in [1.54, 1.807) is 30.3 Å². The average Bonchev–Trinajstić information content (AvgIpc) is 2.28. The molecule has 2 amide bonds. The number of nitrogens with one attached hydrogen (secondary N) is 1. The summed E-state index contributed by atoms with van der Waals surface area (Å²) in [6, 6.07) is 7.05. The van der Waals surface area contributed by atoms with E-state index < -0.39 is 0 Å². The molecule has 0 atom stereocenters. The topological polar surface area (TPSA) is 72.2 Å². The van der Waals surface area contributed by atoms with Crippen molar-refractivity contribution < 1.29 is 9.59 Å². The van der Waals surface area contributed by atoms with Gasteiger partial charge in [0.2, 0.25) is 11.8 Å². The van der Waals surface area contributed by atoms with Crippen LogP contribution in [0.25, 0.3) is 0 Å². The lowest BCUT2D eigenvalue weighted by Gasteiger charge is -2.05. The second kappa shape index (κ2) is 6.48. The van der Waals surface area contributed by atoms with E-state index in [4.69, 9.17) is 5.73 Å². The predicted molar refractivity (Wildman–Crippen MR) is 67.4 cm³/mol. The first kappa shape index (κ1) is 13.0. The summed E-state index contributed by atoms with van der Waals surface area (Å²) in [6.07, 6.45) is 3.00. The second-order valence-corrected chi connectivity index (χ2v) is 3.72. The van der Waals surface area contributed by atoms with Crippen LogP contribution in [-0.4, -0.2) is 11.8 Å². The molecule has 1 aromatic rings. The molecule has 0 radical (unpaired) electrons. The van der Waals surface area contributed by atoms with Gasteiger partial charge in [-0.25, -0.2) is 0 Å². The minimum Gasteiger partial charge on any atom is -0.369 e.